The molecule has 1 unspecified atom stereocenters. The van der Waals surface area contributed by atoms with Crippen molar-refractivity contribution in [1.29, 1.82) is 0 Å². The summed E-state index contributed by atoms with van der Waals surface area (Å²) < 4.78 is 0. The molecule has 0 bridgehead atoms. The summed E-state index contributed by atoms with van der Waals surface area (Å²) in [6.07, 6.45) is 9.27. The molecule has 0 fully saturated rings. The van der Waals surface area contributed by atoms with Gasteiger partial charge >= 0.3 is 0 Å². The van der Waals surface area contributed by atoms with Gasteiger partial charge in [-0.25, -0.2) is 0 Å². The first-order valence-corrected chi connectivity index (χ1v) is 7.89. The van der Waals surface area contributed by atoms with Crippen molar-refractivity contribution >= 4 is 10.9 Å². The summed E-state index contributed by atoms with van der Waals surface area (Å²) in [6.45, 7) is 0. The second kappa shape index (κ2) is 5.82. The molecule has 0 heterocycles. The molecule has 1 atom stereocenters. The van der Waals surface area contributed by atoms with E-state index in [9.17, 15) is 0 Å². The van der Waals surface area contributed by atoms with Gasteiger partial charge in [0, 0.05) is 11.0 Å². The maximum Gasteiger partial charge on any atom is 0.00451 e. The molecule has 94 valence electrons. The quantitative estimate of drug-likeness (QED) is 0.746. The van der Waals surface area contributed by atoms with Crippen molar-refractivity contribution in [1.82, 2.24) is 0 Å². The minimum absolute atomic E-state index is 0.446. The van der Waals surface area contributed by atoms with Crippen LogP contribution in [-0.2, 0) is 0 Å². The molecule has 1 aliphatic carbocycles. The minimum Gasteiger partial charge on any atom is -0.172 e. The van der Waals surface area contributed by atoms with Gasteiger partial charge in [-0.2, -0.15) is 10.9 Å². The molecule has 0 amide bonds. The number of thiol groups is 1. The molecule has 0 aromatic heterocycles. The summed E-state index contributed by atoms with van der Waals surface area (Å²) in [5.74, 6) is 0. The summed E-state index contributed by atoms with van der Waals surface area (Å²) in [5.41, 5.74) is 0. The van der Waals surface area contributed by atoms with E-state index in [1.807, 2.05) is 6.07 Å². The Morgan fingerprint density at radius 2 is 1.79 bits per heavy atom. The van der Waals surface area contributed by atoms with E-state index in [-0.39, 0.29) is 0 Å². The maximum atomic E-state index is 3.09. The van der Waals surface area contributed by atoms with Crippen molar-refractivity contribution < 1.29 is 0 Å². The van der Waals surface area contributed by atoms with Gasteiger partial charge in [0.15, 0.2) is 0 Å². The lowest BCUT2D eigenvalue weighted by atomic mass is 10.2. The Bertz CT molecular complexity index is 542. The summed E-state index contributed by atoms with van der Waals surface area (Å²) >= 11 is 0. The Kier molecular flexibility index (Phi) is 3.72. The fraction of sp³-hybridized carbons (Fsp3) is 0.111. The van der Waals surface area contributed by atoms with Crippen LogP contribution in [0.4, 0.5) is 0 Å². The first kappa shape index (κ1) is 12.1. The number of benzene rings is 1. The Morgan fingerprint density at radius 1 is 0.895 bits per heavy atom. The number of hydrogen-bond acceptors (Lipinski definition) is 0. The van der Waals surface area contributed by atoms with E-state index < -0.39 is 10.9 Å². The zero-order chi connectivity index (χ0) is 12.9. The molecule has 0 aliphatic heterocycles. The van der Waals surface area contributed by atoms with Gasteiger partial charge in [0.25, 0.3) is 0 Å². The lowest BCUT2D eigenvalue weighted by Crippen LogP contribution is -1.91. The molecular weight excluding hydrogens is 248 g/mol. The van der Waals surface area contributed by atoms with Gasteiger partial charge in [0.2, 0.25) is 0 Å². The zero-order valence-corrected chi connectivity index (χ0v) is 11.6. The van der Waals surface area contributed by atoms with Gasteiger partial charge in [0.1, 0.15) is 0 Å². The lowest BCUT2D eigenvalue weighted by molar-refractivity contribution is 1.03. The van der Waals surface area contributed by atoms with E-state index in [4.69, 9.17) is 0 Å². The minimum atomic E-state index is -0.446. The molecule has 0 nitrogen and oxygen atoms in total. The van der Waals surface area contributed by atoms with E-state index in [2.05, 4.69) is 72.8 Å². The molecule has 19 heavy (non-hydrogen) atoms. The number of allylic oxidation sites excluding steroid dienone is 3. The molecule has 0 saturated heterocycles. The third kappa shape index (κ3) is 2.75. The predicted molar refractivity (Wildman–Crippen MR) is 82.5 cm³/mol. The standard InChI is InChI=1S/C18H16S/c1-4-10-16(11-5-1)19(17-12-6-2-7-13-17)18-14-8-3-9-15-18/h1,4-6,8,10-15,19H,2,7H2. The Morgan fingerprint density at radius 3 is 2.47 bits per heavy atom. The lowest BCUT2D eigenvalue weighted by Gasteiger charge is -2.25. The fourth-order valence-corrected chi connectivity index (χ4v) is 4.62. The summed E-state index contributed by atoms with van der Waals surface area (Å²) in [5, 5.41) is 0. The van der Waals surface area contributed by atoms with Crippen molar-refractivity contribution in [2.45, 2.75) is 22.6 Å². The van der Waals surface area contributed by atoms with Gasteiger partial charge in [-0.1, -0.05) is 48.6 Å². The topological polar surface area (TPSA) is 0 Å². The second-order valence-electron chi connectivity index (χ2n) is 4.47. The Labute approximate surface area is 117 Å². The van der Waals surface area contributed by atoms with Crippen LogP contribution in [0, 0.1) is 12.1 Å². The largest absolute Gasteiger partial charge is 0.172 e. The van der Waals surface area contributed by atoms with E-state index in [1.165, 1.54) is 14.7 Å². The third-order valence-electron chi connectivity index (χ3n) is 3.15. The highest BCUT2D eigenvalue weighted by molar-refractivity contribution is 8.20. The van der Waals surface area contributed by atoms with Crippen LogP contribution in [-0.4, -0.2) is 0 Å². The van der Waals surface area contributed by atoms with Crippen LogP contribution < -0.4 is 0 Å². The number of rotatable bonds is 3. The van der Waals surface area contributed by atoms with Crippen LogP contribution in [0.3, 0.4) is 0 Å². The summed E-state index contributed by atoms with van der Waals surface area (Å²) in [7, 11) is -0.446. The molecule has 3 rings (SSSR count). The Balaban J connectivity index is 2.06. The van der Waals surface area contributed by atoms with E-state index >= 15 is 0 Å². The molecule has 0 spiro atoms. The van der Waals surface area contributed by atoms with Crippen LogP contribution in [0.2, 0.25) is 0 Å². The van der Waals surface area contributed by atoms with Gasteiger partial charge in [-0.15, -0.1) is 0 Å². The van der Waals surface area contributed by atoms with Crippen molar-refractivity contribution in [3.05, 3.63) is 83.8 Å². The van der Waals surface area contributed by atoms with Gasteiger partial charge < -0.3 is 0 Å². The maximum absolute atomic E-state index is 3.09. The van der Waals surface area contributed by atoms with Crippen molar-refractivity contribution in [2.24, 2.45) is 0 Å². The van der Waals surface area contributed by atoms with Gasteiger partial charge in [-0.3, -0.25) is 0 Å². The monoisotopic (exact) mass is 264 g/mol. The first-order chi connectivity index (χ1) is 9.45. The second-order valence-corrected chi connectivity index (χ2v) is 6.69. The van der Waals surface area contributed by atoms with Crippen LogP contribution in [0.25, 0.3) is 0 Å². The molecule has 0 N–H and O–H groups in total. The molecular formula is C18H16S. The highest BCUT2D eigenvalue weighted by Crippen LogP contribution is 2.51. The zero-order valence-electron chi connectivity index (χ0n) is 10.7. The molecule has 0 saturated carbocycles. The van der Waals surface area contributed by atoms with Crippen molar-refractivity contribution in [3.63, 3.8) is 0 Å². The molecule has 2 aromatic carbocycles. The summed E-state index contributed by atoms with van der Waals surface area (Å²) in [6, 6.07) is 23.1. The third-order valence-corrected chi connectivity index (χ3v) is 5.60. The van der Waals surface area contributed by atoms with Crippen molar-refractivity contribution in [2.75, 3.05) is 0 Å². The highest BCUT2D eigenvalue weighted by Gasteiger charge is 2.13. The van der Waals surface area contributed by atoms with Gasteiger partial charge in [-0.05, 0) is 46.9 Å². The predicted octanol–water partition coefficient (Wildman–Crippen LogP) is 4.94. The van der Waals surface area contributed by atoms with Crippen LogP contribution in [0.1, 0.15) is 12.8 Å². The number of hydrogen-bond donors (Lipinski definition) is 1. The molecule has 1 aliphatic rings. The van der Waals surface area contributed by atoms with E-state index in [0.29, 0.717) is 0 Å². The van der Waals surface area contributed by atoms with Crippen LogP contribution in [0.15, 0.2) is 81.5 Å². The fourth-order valence-electron chi connectivity index (χ4n) is 2.27. The molecule has 1 heteroatoms. The van der Waals surface area contributed by atoms with Gasteiger partial charge in [0.05, 0.1) is 0 Å². The SMILES string of the molecule is c1ccc([SH](C2=CCCC=C2)c2ccccc2)cc#1. The average Bonchev–Trinajstić information content (AvgIpc) is 2.51. The normalized spacial score (nSPS) is 14.5. The smallest absolute Gasteiger partial charge is 0.00451 e. The Hall–Kier alpha value is -1.91. The molecule has 0 radical (unpaired) electrons. The first-order valence-electron chi connectivity index (χ1n) is 6.55. The van der Waals surface area contributed by atoms with Crippen molar-refractivity contribution in [3.8, 4) is 0 Å². The average molecular weight is 264 g/mol. The highest BCUT2D eigenvalue weighted by atomic mass is 32.2. The van der Waals surface area contributed by atoms with E-state index in [1.54, 1.807) is 0 Å². The van der Waals surface area contributed by atoms with Crippen LogP contribution in [0.5, 0.6) is 0 Å². The molecule has 2 aromatic rings. The van der Waals surface area contributed by atoms with Crippen LogP contribution >= 0.6 is 10.9 Å². The summed E-state index contributed by atoms with van der Waals surface area (Å²) in [4.78, 5) is 4.19. The van der Waals surface area contributed by atoms with E-state index in [0.717, 1.165) is 12.8 Å².